The molecule has 6 amide bonds. The molecule has 1 aromatic carbocycles. The second-order valence-corrected chi connectivity index (χ2v) is 5.76. The third-order valence-corrected chi connectivity index (χ3v) is 3.82. The van der Waals surface area contributed by atoms with Crippen molar-refractivity contribution in [2.24, 2.45) is 0 Å². The Hall–Kier alpha value is -3.24. The number of hydrogen-bond acceptors (Lipinski definition) is 5. The first-order chi connectivity index (χ1) is 12.7. The lowest BCUT2D eigenvalue weighted by Crippen LogP contribution is -2.46. The van der Waals surface area contributed by atoms with Crippen LogP contribution in [-0.2, 0) is 15.1 Å². The van der Waals surface area contributed by atoms with Crippen LogP contribution in [-0.4, -0.2) is 48.5 Å². The number of hydrogen-bond donors (Lipinski definition) is 3. The topological polar surface area (TPSA) is 117 Å². The van der Waals surface area contributed by atoms with E-state index < -0.39 is 42.6 Å². The first kappa shape index (κ1) is 20.1. The summed E-state index contributed by atoms with van der Waals surface area (Å²) in [6.45, 7) is -0.268. The summed E-state index contributed by atoms with van der Waals surface area (Å²) < 4.78 is 28.7. The van der Waals surface area contributed by atoms with Gasteiger partial charge in [-0.1, -0.05) is 12.1 Å². The Morgan fingerprint density at radius 3 is 2.44 bits per heavy atom. The van der Waals surface area contributed by atoms with Crippen LogP contribution in [0.25, 0.3) is 0 Å². The maximum atomic E-state index is 12.7. The first-order valence-electron chi connectivity index (χ1n) is 7.94. The molecule has 9 nitrogen and oxygen atoms in total. The van der Waals surface area contributed by atoms with Crippen LogP contribution in [0.5, 0.6) is 5.75 Å². The maximum Gasteiger partial charge on any atom is 0.387 e. The molecule has 1 fully saturated rings. The molecule has 0 radical (unpaired) electrons. The van der Waals surface area contributed by atoms with Crippen LogP contribution in [0.2, 0.25) is 0 Å². The lowest BCUT2D eigenvalue weighted by molar-refractivity contribution is -0.134. The van der Waals surface area contributed by atoms with E-state index in [-0.39, 0.29) is 5.75 Å². The van der Waals surface area contributed by atoms with E-state index in [1.807, 2.05) is 5.32 Å². The van der Waals surface area contributed by atoms with Gasteiger partial charge in [0.05, 0.1) is 0 Å². The monoisotopic (exact) mass is 384 g/mol. The molecule has 0 unspecified atom stereocenters. The molecule has 11 heteroatoms. The minimum absolute atomic E-state index is 0.104. The summed E-state index contributed by atoms with van der Waals surface area (Å²) in [6.07, 6.45) is 0. The number of nitrogens with one attached hydrogen (secondary N) is 3. The summed E-state index contributed by atoms with van der Waals surface area (Å²) in [6, 6.07) is 3.61. The van der Waals surface area contributed by atoms with Gasteiger partial charge in [-0.05, 0) is 31.5 Å². The van der Waals surface area contributed by atoms with Crippen molar-refractivity contribution >= 4 is 23.9 Å². The zero-order valence-electron chi connectivity index (χ0n) is 14.5. The van der Waals surface area contributed by atoms with E-state index in [2.05, 4.69) is 15.4 Å². The summed E-state index contributed by atoms with van der Waals surface area (Å²) >= 11 is 0. The van der Waals surface area contributed by atoms with E-state index in [1.54, 1.807) is 6.92 Å². The number of halogens is 2. The third-order valence-electron chi connectivity index (χ3n) is 3.82. The maximum absolute atomic E-state index is 12.7. The minimum atomic E-state index is -2.99. The molecule has 1 aromatic rings. The third kappa shape index (κ3) is 4.49. The molecule has 1 aliphatic heterocycles. The van der Waals surface area contributed by atoms with Crippen LogP contribution < -0.4 is 20.7 Å². The molecule has 2 rings (SSSR count). The SMILES string of the molecule is CCNC(=O)NC(=O)CN1C(=O)N[C@](C)(c2ccc(OC(F)F)cc2)C1=O. The van der Waals surface area contributed by atoms with Gasteiger partial charge >= 0.3 is 18.7 Å². The Balaban J connectivity index is 2.11. The molecule has 1 aliphatic rings. The van der Waals surface area contributed by atoms with Crippen LogP contribution in [0.4, 0.5) is 18.4 Å². The van der Waals surface area contributed by atoms with Gasteiger partial charge in [0.15, 0.2) is 0 Å². The number of urea groups is 2. The molecule has 1 saturated heterocycles. The highest BCUT2D eigenvalue weighted by Gasteiger charge is 2.49. The summed E-state index contributed by atoms with van der Waals surface area (Å²) in [5.74, 6) is -1.66. The number of ether oxygens (including phenoxy) is 1. The molecule has 1 heterocycles. The Labute approximate surface area is 153 Å². The lowest BCUT2D eigenvalue weighted by Gasteiger charge is -2.22. The van der Waals surface area contributed by atoms with Gasteiger partial charge in [-0.15, -0.1) is 0 Å². The van der Waals surface area contributed by atoms with Crippen molar-refractivity contribution in [3.63, 3.8) is 0 Å². The van der Waals surface area contributed by atoms with E-state index in [1.165, 1.54) is 31.2 Å². The average molecular weight is 384 g/mol. The first-order valence-corrected chi connectivity index (χ1v) is 7.94. The fraction of sp³-hybridized carbons (Fsp3) is 0.375. The van der Waals surface area contributed by atoms with Crippen LogP contribution >= 0.6 is 0 Å². The lowest BCUT2D eigenvalue weighted by atomic mass is 9.92. The molecule has 27 heavy (non-hydrogen) atoms. The van der Waals surface area contributed by atoms with E-state index >= 15 is 0 Å². The Morgan fingerprint density at radius 2 is 1.89 bits per heavy atom. The van der Waals surface area contributed by atoms with Gasteiger partial charge in [0.25, 0.3) is 5.91 Å². The Kier molecular flexibility index (Phi) is 5.93. The number of carbonyl (C=O) groups excluding carboxylic acids is 4. The molecule has 3 N–H and O–H groups in total. The van der Waals surface area contributed by atoms with Crippen LogP contribution in [0, 0.1) is 0 Å². The molecule has 0 aliphatic carbocycles. The molecule has 0 saturated carbocycles. The molecule has 0 spiro atoms. The van der Waals surface area contributed by atoms with Crippen molar-refractivity contribution < 1.29 is 32.7 Å². The highest BCUT2D eigenvalue weighted by atomic mass is 19.3. The number of benzene rings is 1. The van der Waals surface area contributed by atoms with Gasteiger partial charge in [0, 0.05) is 6.54 Å². The molecule has 146 valence electrons. The molecule has 0 aromatic heterocycles. The van der Waals surface area contributed by atoms with Gasteiger partial charge in [-0.3, -0.25) is 19.8 Å². The fourth-order valence-corrected chi connectivity index (χ4v) is 2.52. The van der Waals surface area contributed by atoms with Gasteiger partial charge in [0.2, 0.25) is 5.91 Å². The highest BCUT2D eigenvalue weighted by molar-refractivity contribution is 6.10. The second-order valence-electron chi connectivity index (χ2n) is 5.76. The predicted molar refractivity (Wildman–Crippen MR) is 87.9 cm³/mol. The van der Waals surface area contributed by atoms with Crippen LogP contribution in [0.3, 0.4) is 0 Å². The number of rotatable bonds is 6. The largest absolute Gasteiger partial charge is 0.435 e. The fourth-order valence-electron chi connectivity index (χ4n) is 2.52. The molecular formula is C16H18F2N4O5. The van der Waals surface area contributed by atoms with Gasteiger partial charge in [0.1, 0.15) is 17.8 Å². The van der Waals surface area contributed by atoms with E-state index in [0.717, 1.165) is 0 Å². The summed E-state index contributed by atoms with van der Waals surface area (Å²) in [5, 5.41) is 6.79. The van der Waals surface area contributed by atoms with E-state index in [4.69, 9.17) is 0 Å². The normalized spacial score (nSPS) is 19.1. The number of amides is 6. The van der Waals surface area contributed by atoms with Crippen molar-refractivity contribution in [1.29, 1.82) is 0 Å². The van der Waals surface area contributed by atoms with Crippen molar-refractivity contribution in [3.05, 3.63) is 29.8 Å². The van der Waals surface area contributed by atoms with Crippen molar-refractivity contribution in [2.75, 3.05) is 13.1 Å². The second kappa shape index (κ2) is 7.98. The van der Waals surface area contributed by atoms with Crippen LogP contribution in [0.15, 0.2) is 24.3 Å². The van der Waals surface area contributed by atoms with Crippen molar-refractivity contribution in [2.45, 2.75) is 26.0 Å². The minimum Gasteiger partial charge on any atom is -0.435 e. The van der Waals surface area contributed by atoms with Gasteiger partial charge < -0.3 is 15.4 Å². The van der Waals surface area contributed by atoms with Crippen molar-refractivity contribution in [3.8, 4) is 5.75 Å². The van der Waals surface area contributed by atoms with Crippen LogP contribution in [0.1, 0.15) is 19.4 Å². The zero-order valence-corrected chi connectivity index (χ0v) is 14.5. The van der Waals surface area contributed by atoms with Gasteiger partial charge in [-0.2, -0.15) is 8.78 Å². The number of alkyl halides is 2. The quantitative estimate of drug-likeness (QED) is 0.630. The Bertz CT molecular complexity index is 756. The number of imide groups is 2. The van der Waals surface area contributed by atoms with E-state index in [9.17, 15) is 28.0 Å². The zero-order chi connectivity index (χ0) is 20.2. The molecular weight excluding hydrogens is 366 g/mol. The predicted octanol–water partition coefficient (Wildman–Crippen LogP) is 0.901. The summed E-state index contributed by atoms with van der Waals surface area (Å²) in [7, 11) is 0. The highest BCUT2D eigenvalue weighted by Crippen LogP contribution is 2.30. The number of carbonyl (C=O) groups is 4. The Morgan fingerprint density at radius 1 is 1.26 bits per heavy atom. The molecule has 0 bridgehead atoms. The van der Waals surface area contributed by atoms with Gasteiger partial charge in [-0.25, -0.2) is 9.59 Å². The molecule has 1 atom stereocenters. The number of nitrogens with zero attached hydrogens (tertiary/aromatic N) is 1. The summed E-state index contributed by atoms with van der Waals surface area (Å²) in [5.41, 5.74) is -1.18. The summed E-state index contributed by atoms with van der Waals surface area (Å²) in [4.78, 5) is 48.6. The average Bonchev–Trinajstić information content (AvgIpc) is 2.79. The van der Waals surface area contributed by atoms with E-state index in [0.29, 0.717) is 17.0 Å². The standard InChI is InChI=1S/C16H18F2N4O5/c1-3-19-14(25)20-11(23)8-22-12(24)16(2,21-15(22)26)9-4-6-10(7-5-9)27-13(17)18/h4-7,13H,3,8H2,1-2H3,(H,21,26)(H2,19,20,23,25)/t16-/m1/s1. The smallest absolute Gasteiger partial charge is 0.387 e. The van der Waals surface area contributed by atoms with Crippen molar-refractivity contribution in [1.82, 2.24) is 20.9 Å².